The Balaban J connectivity index is 1.79. The molecule has 0 aliphatic carbocycles. The van der Waals surface area contributed by atoms with Gasteiger partial charge in [0.05, 0.1) is 20.3 Å². The van der Waals surface area contributed by atoms with Gasteiger partial charge in [0.2, 0.25) is 0 Å². The number of rotatable bonds is 5. The van der Waals surface area contributed by atoms with E-state index in [0.29, 0.717) is 0 Å². The Labute approximate surface area is 160 Å². The molecule has 0 saturated heterocycles. The highest BCUT2D eigenvalue weighted by molar-refractivity contribution is 5.42. The van der Waals surface area contributed by atoms with E-state index in [9.17, 15) is 0 Å². The number of pyridine rings is 1. The highest BCUT2D eigenvalue weighted by Gasteiger charge is 2.28. The molecule has 0 fully saturated rings. The normalized spacial score (nSPS) is 17.2. The molecule has 5 nitrogen and oxygen atoms in total. The third-order valence-electron chi connectivity index (χ3n) is 5.18. The second-order valence-electron chi connectivity index (χ2n) is 6.85. The van der Waals surface area contributed by atoms with Crippen molar-refractivity contribution in [3.05, 3.63) is 77.9 Å². The van der Waals surface area contributed by atoms with E-state index in [0.717, 1.165) is 37.6 Å². The van der Waals surface area contributed by atoms with Gasteiger partial charge in [0, 0.05) is 50.0 Å². The predicted octanol–water partition coefficient (Wildman–Crippen LogP) is 3.90. The lowest BCUT2D eigenvalue weighted by atomic mass is 10.0. The summed E-state index contributed by atoms with van der Waals surface area (Å²) < 4.78 is 13.4. The van der Waals surface area contributed by atoms with Crippen LogP contribution in [0.1, 0.15) is 29.3 Å². The van der Waals surface area contributed by atoms with Gasteiger partial charge in [-0.25, -0.2) is 0 Å². The molecule has 3 aromatic rings. The zero-order chi connectivity index (χ0) is 18.6. The molecule has 5 heteroatoms. The average Bonchev–Trinajstić information content (AvgIpc) is 3.09. The molecule has 0 spiro atoms. The lowest BCUT2D eigenvalue weighted by molar-refractivity contribution is 0.219. The van der Waals surface area contributed by atoms with E-state index in [2.05, 4.69) is 57.0 Å². The maximum Gasteiger partial charge on any atom is 0.122 e. The van der Waals surface area contributed by atoms with E-state index < -0.39 is 0 Å². The molecule has 1 unspecified atom stereocenters. The molecule has 4 rings (SSSR count). The number of ether oxygens (including phenoxy) is 2. The summed E-state index contributed by atoms with van der Waals surface area (Å²) in [6.45, 7) is 2.93. The van der Waals surface area contributed by atoms with Crippen molar-refractivity contribution in [3.8, 4) is 11.5 Å². The number of aryl methyl sites for hydroxylation is 1. The molecular weight excluding hydrogens is 338 g/mol. The minimum absolute atomic E-state index is 0.139. The van der Waals surface area contributed by atoms with E-state index in [4.69, 9.17) is 9.47 Å². The van der Waals surface area contributed by atoms with Crippen molar-refractivity contribution in [1.82, 2.24) is 14.5 Å². The van der Waals surface area contributed by atoms with Gasteiger partial charge in [0.25, 0.3) is 0 Å². The van der Waals surface area contributed by atoms with Crippen LogP contribution in [0.4, 0.5) is 0 Å². The van der Waals surface area contributed by atoms with Gasteiger partial charge in [0.1, 0.15) is 11.5 Å². The van der Waals surface area contributed by atoms with Gasteiger partial charge in [-0.2, -0.15) is 0 Å². The fraction of sp³-hybridized carbons (Fsp3) is 0.318. The van der Waals surface area contributed by atoms with E-state index in [1.165, 1.54) is 16.8 Å². The average molecular weight is 363 g/mol. The first kappa shape index (κ1) is 17.6. The smallest absolute Gasteiger partial charge is 0.122 e. The van der Waals surface area contributed by atoms with Crippen molar-refractivity contribution in [2.45, 2.75) is 25.6 Å². The maximum atomic E-state index is 5.53. The number of fused-ring (bicyclic) bond motifs is 1. The molecule has 3 heterocycles. The molecule has 140 valence electrons. The van der Waals surface area contributed by atoms with Crippen molar-refractivity contribution in [3.63, 3.8) is 0 Å². The largest absolute Gasteiger partial charge is 0.497 e. The van der Waals surface area contributed by atoms with Crippen LogP contribution >= 0.6 is 0 Å². The highest BCUT2D eigenvalue weighted by atomic mass is 16.5. The van der Waals surface area contributed by atoms with E-state index in [1.807, 2.05) is 18.5 Å². The molecule has 0 N–H and O–H groups in total. The van der Waals surface area contributed by atoms with Crippen molar-refractivity contribution < 1.29 is 9.47 Å². The lowest BCUT2D eigenvalue weighted by Crippen LogP contribution is -2.29. The maximum absolute atomic E-state index is 5.53. The SMILES string of the molecule is COc1cc(OC)cc(C2c3cccn3CCCN2Cc2ccncc2)c1. The number of benzene rings is 1. The Morgan fingerprint density at radius 1 is 1.00 bits per heavy atom. The third-order valence-corrected chi connectivity index (χ3v) is 5.18. The number of methoxy groups -OCH3 is 2. The highest BCUT2D eigenvalue weighted by Crippen LogP contribution is 2.36. The first-order valence-corrected chi connectivity index (χ1v) is 9.29. The molecule has 0 amide bonds. The van der Waals surface area contributed by atoms with Gasteiger partial charge in [-0.1, -0.05) is 0 Å². The van der Waals surface area contributed by atoms with Crippen LogP contribution in [0.2, 0.25) is 0 Å². The summed E-state index contributed by atoms with van der Waals surface area (Å²) in [7, 11) is 3.39. The Morgan fingerprint density at radius 2 is 1.74 bits per heavy atom. The standard InChI is InChI=1S/C22H25N3O2/c1-26-19-13-18(14-20(15-19)27-2)22-21-5-3-10-24(21)11-4-12-25(22)16-17-6-8-23-9-7-17/h3,5-10,13-15,22H,4,11-12,16H2,1-2H3. The Kier molecular flexibility index (Phi) is 5.12. The van der Waals surface area contributed by atoms with Crippen molar-refractivity contribution in [2.75, 3.05) is 20.8 Å². The Morgan fingerprint density at radius 3 is 2.44 bits per heavy atom. The minimum atomic E-state index is 0.139. The summed E-state index contributed by atoms with van der Waals surface area (Å²) in [5.41, 5.74) is 3.75. The van der Waals surface area contributed by atoms with E-state index in [1.54, 1.807) is 14.2 Å². The van der Waals surface area contributed by atoms with Crippen LogP contribution in [0.15, 0.2) is 61.1 Å². The van der Waals surface area contributed by atoms with Gasteiger partial charge in [0.15, 0.2) is 0 Å². The minimum Gasteiger partial charge on any atom is -0.497 e. The van der Waals surface area contributed by atoms with Gasteiger partial charge in [-0.15, -0.1) is 0 Å². The fourth-order valence-corrected chi connectivity index (χ4v) is 3.90. The first-order valence-electron chi connectivity index (χ1n) is 9.29. The molecule has 0 saturated carbocycles. The van der Waals surface area contributed by atoms with Crippen LogP contribution in [-0.4, -0.2) is 35.2 Å². The molecule has 0 radical (unpaired) electrons. The summed E-state index contributed by atoms with van der Waals surface area (Å²) in [6.07, 6.45) is 7.01. The predicted molar refractivity (Wildman–Crippen MR) is 105 cm³/mol. The molecular formula is C22H25N3O2. The van der Waals surface area contributed by atoms with Crippen molar-refractivity contribution in [1.29, 1.82) is 0 Å². The summed E-state index contributed by atoms with van der Waals surface area (Å²) >= 11 is 0. The number of nitrogens with zero attached hydrogens (tertiary/aromatic N) is 3. The van der Waals surface area contributed by atoms with Crippen LogP contribution in [0, 0.1) is 0 Å². The number of hydrogen-bond acceptors (Lipinski definition) is 4. The van der Waals surface area contributed by atoms with Crippen molar-refractivity contribution in [2.24, 2.45) is 0 Å². The van der Waals surface area contributed by atoms with Gasteiger partial charge in [-0.3, -0.25) is 9.88 Å². The van der Waals surface area contributed by atoms with Gasteiger partial charge in [-0.05, 0) is 53.9 Å². The van der Waals surface area contributed by atoms with Crippen LogP contribution in [0.5, 0.6) is 11.5 Å². The third kappa shape index (κ3) is 3.69. The van der Waals surface area contributed by atoms with Crippen LogP contribution in [0.3, 0.4) is 0 Å². The van der Waals surface area contributed by atoms with Crippen LogP contribution < -0.4 is 9.47 Å². The fourth-order valence-electron chi connectivity index (χ4n) is 3.90. The first-order chi connectivity index (χ1) is 13.3. The summed E-state index contributed by atoms with van der Waals surface area (Å²) in [5, 5.41) is 0. The number of aromatic nitrogens is 2. The zero-order valence-electron chi connectivity index (χ0n) is 15.8. The van der Waals surface area contributed by atoms with E-state index >= 15 is 0 Å². The Hall–Kier alpha value is -2.79. The van der Waals surface area contributed by atoms with Crippen LogP contribution in [0.25, 0.3) is 0 Å². The topological polar surface area (TPSA) is 39.5 Å². The molecule has 1 aliphatic heterocycles. The molecule has 2 aromatic heterocycles. The lowest BCUT2D eigenvalue weighted by Gasteiger charge is -2.31. The second-order valence-corrected chi connectivity index (χ2v) is 6.85. The van der Waals surface area contributed by atoms with Crippen molar-refractivity contribution >= 4 is 0 Å². The number of hydrogen-bond donors (Lipinski definition) is 0. The monoisotopic (exact) mass is 363 g/mol. The van der Waals surface area contributed by atoms with Gasteiger partial charge < -0.3 is 14.0 Å². The van der Waals surface area contributed by atoms with Gasteiger partial charge >= 0.3 is 0 Å². The summed E-state index contributed by atoms with van der Waals surface area (Å²) in [4.78, 5) is 6.68. The molecule has 1 atom stereocenters. The molecule has 1 aromatic carbocycles. The van der Waals surface area contributed by atoms with E-state index in [-0.39, 0.29) is 6.04 Å². The molecule has 27 heavy (non-hydrogen) atoms. The second kappa shape index (κ2) is 7.84. The summed E-state index contributed by atoms with van der Waals surface area (Å²) in [5.74, 6) is 1.63. The molecule has 1 aliphatic rings. The quantitative estimate of drug-likeness (QED) is 0.689. The van der Waals surface area contributed by atoms with Crippen LogP contribution in [-0.2, 0) is 13.1 Å². The molecule has 0 bridgehead atoms. The Bertz CT molecular complexity index is 869. The zero-order valence-corrected chi connectivity index (χ0v) is 15.8. The summed E-state index contributed by atoms with van der Waals surface area (Å²) in [6, 6.07) is 14.8.